The highest BCUT2D eigenvalue weighted by atomic mass is 32.2. The molecule has 2 atom stereocenters. The molecule has 2 heterocycles. The van der Waals surface area contributed by atoms with Crippen molar-refractivity contribution in [2.45, 2.75) is 50.9 Å². The first-order chi connectivity index (χ1) is 10.5. The van der Waals surface area contributed by atoms with E-state index in [1.165, 1.54) is 0 Å². The topological polar surface area (TPSA) is 49.4 Å². The van der Waals surface area contributed by atoms with E-state index in [2.05, 4.69) is 19.2 Å². The number of carbonyl (C=O) groups is 2. The largest absolute Gasteiger partial charge is 0.324 e. The maximum Gasteiger partial charge on any atom is 0.248 e. The van der Waals surface area contributed by atoms with Gasteiger partial charge in [-0.2, -0.15) is 0 Å². The van der Waals surface area contributed by atoms with Crippen LogP contribution in [-0.2, 0) is 16.0 Å². The number of fused-ring (bicyclic) bond motifs is 1. The van der Waals surface area contributed by atoms with E-state index in [1.807, 2.05) is 25.1 Å². The van der Waals surface area contributed by atoms with Crippen LogP contribution in [0.5, 0.6) is 0 Å². The Labute approximate surface area is 135 Å². The Morgan fingerprint density at radius 1 is 1.50 bits per heavy atom. The summed E-state index contributed by atoms with van der Waals surface area (Å²) in [7, 11) is 0. The standard InChI is InChI=1S/C17H22N2O2S/c1-4-12-7-5-6-11(2)15(12)18-16(21)13-10-22-17(3)9-8-14(20)19(13)17/h5-7,13H,4,8-10H2,1-3H3,(H,18,21)/t13-,17-/m1/s1. The number of hydrogen-bond acceptors (Lipinski definition) is 3. The van der Waals surface area contributed by atoms with E-state index in [0.717, 1.165) is 29.7 Å². The second-order valence-electron chi connectivity index (χ2n) is 6.22. The summed E-state index contributed by atoms with van der Waals surface area (Å²) in [4.78, 5) is 26.5. The molecule has 4 nitrogen and oxygen atoms in total. The van der Waals surface area contributed by atoms with Crippen molar-refractivity contribution in [3.05, 3.63) is 29.3 Å². The van der Waals surface area contributed by atoms with Crippen molar-refractivity contribution in [2.24, 2.45) is 0 Å². The van der Waals surface area contributed by atoms with Gasteiger partial charge in [0.05, 0.1) is 4.87 Å². The number of benzene rings is 1. The summed E-state index contributed by atoms with van der Waals surface area (Å²) in [6.07, 6.45) is 2.26. The third-order valence-corrected chi connectivity index (χ3v) is 6.24. The molecule has 0 saturated carbocycles. The molecule has 118 valence electrons. The third kappa shape index (κ3) is 2.41. The monoisotopic (exact) mass is 318 g/mol. The first-order valence-electron chi connectivity index (χ1n) is 7.82. The van der Waals surface area contributed by atoms with E-state index in [0.29, 0.717) is 12.2 Å². The van der Waals surface area contributed by atoms with Crippen molar-refractivity contribution in [2.75, 3.05) is 11.1 Å². The van der Waals surface area contributed by atoms with Crippen LogP contribution in [0.2, 0.25) is 0 Å². The summed E-state index contributed by atoms with van der Waals surface area (Å²) in [5, 5.41) is 3.08. The van der Waals surface area contributed by atoms with Crippen LogP contribution in [0.1, 0.15) is 37.8 Å². The third-order valence-electron chi connectivity index (χ3n) is 4.74. The van der Waals surface area contributed by atoms with Gasteiger partial charge in [0.2, 0.25) is 11.8 Å². The lowest BCUT2D eigenvalue weighted by atomic mass is 10.1. The van der Waals surface area contributed by atoms with Crippen LogP contribution in [0.3, 0.4) is 0 Å². The molecule has 2 aliphatic heterocycles. The summed E-state index contributed by atoms with van der Waals surface area (Å²) in [5.41, 5.74) is 3.10. The number of amides is 2. The fraction of sp³-hybridized carbons (Fsp3) is 0.529. The molecule has 1 aromatic rings. The van der Waals surface area contributed by atoms with Gasteiger partial charge in [-0.3, -0.25) is 9.59 Å². The molecule has 0 aromatic heterocycles. The highest BCUT2D eigenvalue weighted by Crippen LogP contribution is 2.47. The van der Waals surface area contributed by atoms with Crippen molar-refractivity contribution in [1.82, 2.24) is 4.90 Å². The number of para-hydroxylation sites is 1. The predicted molar refractivity (Wildman–Crippen MR) is 89.9 cm³/mol. The molecule has 3 rings (SSSR count). The number of nitrogens with zero attached hydrogens (tertiary/aromatic N) is 1. The maximum atomic E-state index is 12.7. The van der Waals surface area contributed by atoms with Crippen LogP contribution < -0.4 is 5.32 Å². The lowest BCUT2D eigenvalue weighted by Gasteiger charge is -2.30. The first-order valence-corrected chi connectivity index (χ1v) is 8.80. The molecule has 0 radical (unpaired) electrons. The van der Waals surface area contributed by atoms with Gasteiger partial charge >= 0.3 is 0 Å². The van der Waals surface area contributed by atoms with Gasteiger partial charge in [0.1, 0.15) is 6.04 Å². The zero-order valence-corrected chi connectivity index (χ0v) is 14.1. The Bertz CT molecular complexity index is 631. The molecule has 1 N–H and O–H groups in total. The first kappa shape index (κ1) is 15.4. The van der Waals surface area contributed by atoms with Crippen LogP contribution in [0.4, 0.5) is 5.69 Å². The van der Waals surface area contributed by atoms with Crippen molar-refractivity contribution >= 4 is 29.3 Å². The number of anilines is 1. The van der Waals surface area contributed by atoms with Gasteiger partial charge in [-0.25, -0.2) is 0 Å². The Morgan fingerprint density at radius 2 is 2.27 bits per heavy atom. The maximum absolute atomic E-state index is 12.7. The number of rotatable bonds is 3. The highest BCUT2D eigenvalue weighted by molar-refractivity contribution is 8.01. The van der Waals surface area contributed by atoms with Crippen molar-refractivity contribution in [3.63, 3.8) is 0 Å². The van der Waals surface area contributed by atoms with E-state index in [-0.39, 0.29) is 22.7 Å². The fourth-order valence-corrected chi connectivity index (χ4v) is 4.86. The molecular formula is C17H22N2O2S. The average molecular weight is 318 g/mol. The molecule has 2 aliphatic rings. The SMILES string of the molecule is CCc1cccc(C)c1NC(=O)[C@H]1CS[C@]2(C)CCC(=O)N12. The Balaban J connectivity index is 1.83. The fourth-order valence-electron chi connectivity index (χ4n) is 3.42. The van der Waals surface area contributed by atoms with Crippen molar-refractivity contribution in [1.29, 1.82) is 0 Å². The normalized spacial score (nSPS) is 27.1. The van der Waals surface area contributed by atoms with Gasteiger partial charge in [-0.1, -0.05) is 25.1 Å². The van der Waals surface area contributed by atoms with Gasteiger partial charge in [0, 0.05) is 17.9 Å². The molecule has 1 aromatic carbocycles. The molecule has 2 fully saturated rings. The molecule has 0 bridgehead atoms. The van der Waals surface area contributed by atoms with Crippen LogP contribution in [0.25, 0.3) is 0 Å². The summed E-state index contributed by atoms with van der Waals surface area (Å²) < 4.78 is 0. The van der Waals surface area contributed by atoms with Crippen molar-refractivity contribution in [3.8, 4) is 0 Å². The van der Waals surface area contributed by atoms with Gasteiger partial charge in [-0.15, -0.1) is 11.8 Å². The highest BCUT2D eigenvalue weighted by Gasteiger charge is 2.52. The van der Waals surface area contributed by atoms with Gasteiger partial charge in [0.25, 0.3) is 0 Å². The van der Waals surface area contributed by atoms with E-state index in [4.69, 9.17) is 0 Å². The minimum Gasteiger partial charge on any atom is -0.324 e. The number of nitrogens with one attached hydrogen (secondary N) is 1. The number of carbonyl (C=O) groups excluding carboxylic acids is 2. The average Bonchev–Trinajstić information content (AvgIpc) is 2.98. The zero-order valence-electron chi connectivity index (χ0n) is 13.3. The van der Waals surface area contributed by atoms with Gasteiger partial charge in [0.15, 0.2) is 0 Å². The minimum atomic E-state index is -0.352. The van der Waals surface area contributed by atoms with Gasteiger partial charge < -0.3 is 10.2 Å². The summed E-state index contributed by atoms with van der Waals surface area (Å²) in [6.45, 7) is 6.15. The van der Waals surface area contributed by atoms with Crippen LogP contribution in [0.15, 0.2) is 18.2 Å². The Hall–Kier alpha value is -1.49. The lowest BCUT2D eigenvalue weighted by molar-refractivity contribution is -0.135. The molecule has 0 spiro atoms. The molecule has 2 amide bonds. The molecule has 2 saturated heterocycles. The van der Waals surface area contributed by atoms with E-state index in [1.54, 1.807) is 16.7 Å². The summed E-state index contributed by atoms with van der Waals surface area (Å²) in [5.74, 6) is 0.727. The molecule has 22 heavy (non-hydrogen) atoms. The molecule has 5 heteroatoms. The smallest absolute Gasteiger partial charge is 0.248 e. The zero-order chi connectivity index (χ0) is 15.9. The molecule has 0 unspecified atom stereocenters. The predicted octanol–water partition coefficient (Wildman–Crippen LogP) is 2.95. The number of hydrogen-bond donors (Lipinski definition) is 1. The van der Waals surface area contributed by atoms with E-state index in [9.17, 15) is 9.59 Å². The van der Waals surface area contributed by atoms with E-state index < -0.39 is 0 Å². The second-order valence-corrected chi connectivity index (χ2v) is 7.72. The second kappa shape index (κ2) is 5.61. The lowest BCUT2D eigenvalue weighted by Crippen LogP contribution is -2.48. The Morgan fingerprint density at radius 3 is 3.00 bits per heavy atom. The minimum absolute atomic E-state index is 0.0597. The van der Waals surface area contributed by atoms with Crippen LogP contribution in [0, 0.1) is 6.92 Å². The van der Waals surface area contributed by atoms with Crippen LogP contribution in [-0.4, -0.2) is 33.4 Å². The summed E-state index contributed by atoms with van der Waals surface area (Å²) >= 11 is 1.72. The number of thioether (sulfide) groups is 1. The van der Waals surface area contributed by atoms with E-state index >= 15 is 0 Å². The molecule has 0 aliphatic carbocycles. The Kier molecular flexibility index (Phi) is 3.93. The van der Waals surface area contributed by atoms with Crippen LogP contribution >= 0.6 is 11.8 Å². The molecular weight excluding hydrogens is 296 g/mol. The quantitative estimate of drug-likeness (QED) is 0.932. The number of aryl methyl sites for hydroxylation is 2. The summed E-state index contributed by atoms with van der Waals surface area (Å²) in [6, 6.07) is 5.70. The van der Waals surface area contributed by atoms with Gasteiger partial charge in [-0.05, 0) is 37.8 Å². The van der Waals surface area contributed by atoms with Crippen molar-refractivity contribution < 1.29 is 9.59 Å².